The maximum Gasteiger partial charge on any atom is 0.371 e. The average molecular weight is 210 g/mol. The van der Waals surface area contributed by atoms with Gasteiger partial charge in [-0.1, -0.05) is 0 Å². The molecule has 82 valence electrons. The summed E-state index contributed by atoms with van der Waals surface area (Å²) in [6.07, 6.45) is -4.69. The number of ether oxygens (including phenoxy) is 1. The minimum Gasteiger partial charge on any atom is -0.394 e. The van der Waals surface area contributed by atoms with Gasteiger partial charge in [-0.15, -0.1) is 0 Å². The van der Waals surface area contributed by atoms with E-state index in [4.69, 9.17) is 5.11 Å². The standard InChI is InChI=1S/C6H10O8/c7-1-2-3(8)4(9)5(10)6(11,12-2)14-13-5/h2-4,7-11H,1H2/t2-,3-,4+,5-,6?/m1/s1. The molecule has 0 aromatic heterocycles. The van der Waals surface area contributed by atoms with Gasteiger partial charge in [0, 0.05) is 0 Å². The molecule has 5 atom stereocenters. The summed E-state index contributed by atoms with van der Waals surface area (Å²) >= 11 is 0. The Bertz CT molecular complexity index is 246. The Morgan fingerprint density at radius 1 is 1.14 bits per heavy atom. The molecule has 0 aromatic carbocycles. The van der Waals surface area contributed by atoms with Gasteiger partial charge in [0.1, 0.15) is 18.3 Å². The molecule has 0 amide bonds. The summed E-state index contributed by atoms with van der Waals surface area (Å²) < 4.78 is 4.61. The predicted molar refractivity (Wildman–Crippen MR) is 36.0 cm³/mol. The Morgan fingerprint density at radius 2 is 1.79 bits per heavy atom. The van der Waals surface area contributed by atoms with E-state index in [-0.39, 0.29) is 0 Å². The maximum atomic E-state index is 9.43. The van der Waals surface area contributed by atoms with Crippen LogP contribution in [0.4, 0.5) is 0 Å². The third kappa shape index (κ3) is 0.990. The third-order valence-electron chi connectivity index (χ3n) is 2.33. The molecule has 0 bridgehead atoms. The quantitative estimate of drug-likeness (QED) is 0.281. The fourth-order valence-corrected chi connectivity index (χ4v) is 1.39. The summed E-state index contributed by atoms with van der Waals surface area (Å²) in [5.41, 5.74) is 0. The minimum atomic E-state index is -2.56. The first-order chi connectivity index (χ1) is 6.44. The van der Waals surface area contributed by atoms with Gasteiger partial charge >= 0.3 is 11.8 Å². The van der Waals surface area contributed by atoms with Crippen molar-refractivity contribution in [2.45, 2.75) is 30.1 Å². The summed E-state index contributed by atoms with van der Waals surface area (Å²) in [7, 11) is 0. The monoisotopic (exact) mass is 210 g/mol. The number of fused-ring (bicyclic) bond motifs is 1. The molecular weight excluding hydrogens is 200 g/mol. The lowest BCUT2D eigenvalue weighted by molar-refractivity contribution is -0.731. The lowest BCUT2D eigenvalue weighted by Crippen LogP contribution is -2.81. The highest BCUT2D eigenvalue weighted by Gasteiger charge is 2.75. The van der Waals surface area contributed by atoms with Crippen molar-refractivity contribution in [3.8, 4) is 0 Å². The van der Waals surface area contributed by atoms with Gasteiger partial charge in [0.2, 0.25) is 0 Å². The second-order valence-electron chi connectivity index (χ2n) is 3.22. The second-order valence-corrected chi connectivity index (χ2v) is 3.22. The van der Waals surface area contributed by atoms with Crippen molar-refractivity contribution in [3.05, 3.63) is 0 Å². The van der Waals surface area contributed by atoms with Gasteiger partial charge in [-0.2, -0.15) is 9.78 Å². The summed E-state index contributed by atoms with van der Waals surface area (Å²) in [6, 6.07) is 0. The minimum absolute atomic E-state index is 0.653. The normalized spacial score (nSPS) is 57.6. The summed E-state index contributed by atoms with van der Waals surface area (Å²) in [4.78, 5) is 8.17. The molecule has 0 radical (unpaired) electrons. The first-order valence-electron chi connectivity index (χ1n) is 3.91. The molecular formula is C6H10O8. The van der Waals surface area contributed by atoms with E-state index >= 15 is 0 Å². The van der Waals surface area contributed by atoms with Gasteiger partial charge in [0.15, 0.2) is 0 Å². The summed E-state index contributed by atoms with van der Waals surface area (Å²) in [5, 5.41) is 46.2. The van der Waals surface area contributed by atoms with Gasteiger partial charge in [0.05, 0.1) is 6.61 Å². The molecule has 1 unspecified atom stereocenters. The van der Waals surface area contributed by atoms with E-state index < -0.39 is 36.7 Å². The molecule has 2 heterocycles. The first-order valence-corrected chi connectivity index (χ1v) is 3.91. The lowest BCUT2D eigenvalue weighted by Gasteiger charge is -2.55. The SMILES string of the molecule is OC[C@H]1OC2(O)OO[C@]2(O)[C@@H](O)[C@@H]1O. The molecule has 2 aliphatic rings. The van der Waals surface area contributed by atoms with Crippen LogP contribution in [0.15, 0.2) is 0 Å². The molecule has 2 rings (SSSR count). The van der Waals surface area contributed by atoms with Crippen LogP contribution >= 0.6 is 0 Å². The van der Waals surface area contributed by atoms with Crippen molar-refractivity contribution in [2.24, 2.45) is 0 Å². The zero-order valence-electron chi connectivity index (χ0n) is 6.90. The Kier molecular flexibility index (Phi) is 2.07. The van der Waals surface area contributed by atoms with Gasteiger partial charge < -0.3 is 30.3 Å². The van der Waals surface area contributed by atoms with Crippen LogP contribution in [-0.4, -0.2) is 62.2 Å². The van der Waals surface area contributed by atoms with Crippen LogP contribution in [0.3, 0.4) is 0 Å². The Hall–Kier alpha value is -0.320. The largest absolute Gasteiger partial charge is 0.394 e. The van der Waals surface area contributed by atoms with E-state index in [1.807, 2.05) is 0 Å². The van der Waals surface area contributed by atoms with Crippen LogP contribution in [0, 0.1) is 0 Å². The molecule has 8 nitrogen and oxygen atoms in total. The maximum absolute atomic E-state index is 9.43. The van der Waals surface area contributed by atoms with E-state index in [1.54, 1.807) is 0 Å². The highest BCUT2D eigenvalue weighted by Crippen LogP contribution is 2.45. The van der Waals surface area contributed by atoms with E-state index in [2.05, 4.69) is 14.5 Å². The average Bonchev–Trinajstić information content (AvgIpc) is 2.19. The van der Waals surface area contributed by atoms with E-state index in [9.17, 15) is 20.4 Å². The van der Waals surface area contributed by atoms with Crippen molar-refractivity contribution in [3.63, 3.8) is 0 Å². The number of rotatable bonds is 1. The molecule has 5 N–H and O–H groups in total. The van der Waals surface area contributed by atoms with E-state index in [0.29, 0.717) is 0 Å². The zero-order chi connectivity index (χ0) is 10.6. The first kappa shape index (κ1) is 10.2. The Morgan fingerprint density at radius 3 is 2.21 bits per heavy atom. The van der Waals surface area contributed by atoms with Crippen molar-refractivity contribution in [1.29, 1.82) is 0 Å². The van der Waals surface area contributed by atoms with Crippen molar-refractivity contribution < 1.29 is 40.0 Å². The second kappa shape index (κ2) is 2.84. The zero-order valence-corrected chi connectivity index (χ0v) is 6.90. The van der Waals surface area contributed by atoms with Crippen LogP contribution in [-0.2, 0) is 14.5 Å². The number of aliphatic hydroxyl groups is 5. The number of aliphatic hydroxyl groups excluding tert-OH is 3. The molecule has 8 heteroatoms. The van der Waals surface area contributed by atoms with Crippen LogP contribution in [0.1, 0.15) is 0 Å². The molecule has 0 aromatic rings. The Balaban J connectivity index is 2.25. The van der Waals surface area contributed by atoms with Crippen LogP contribution in [0.2, 0.25) is 0 Å². The third-order valence-corrected chi connectivity index (χ3v) is 2.33. The topological polar surface area (TPSA) is 129 Å². The number of hydrogen-bond acceptors (Lipinski definition) is 8. The van der Waals surface area contributed by atoms with Crippen molar-refractivity contribution in [2.75, 3.05) is 6.61 Å². The summed E-state index contributed by atoms with van der Waals surface area (Å²) in [6.45, 7) is -0.653. The van der Waals surface area contributed by atoms with Crippen LogP contribution in [0.25, 0.3) is 0 Å². The molecule has 0 spiro atoms. The Labute approximate surface area is 77.8 Å². The molecule has 2 saturated heterocycles. The smallest absolute Gasteiger partial charge is 0.371 e. The highest BCUT2D eigenvalue weighted by molar-refractivity contribution is 5.00. The van der Waals surface area contributed by atoms with Gasteiger partial charge in [-0.25, -0.2) is 0 Å². The van der Waals surface area contributed by atoms with Crippen molar-refractivity contribution in [1.82, 2.24) is 0 Å². The van der Waals surface area contributed by atoms with Crippen LogP contribution in [0.5, 0.6) is 0 Å². The summed E-state index contributed by atoms with van der Waals surface area (Å²) in [5.74, 6) is -5.09. The lowest BCUT2D eigenvalue weighted by atomic mass is 9.93. The van der Waals surface area contributed by atoms with E-state index in [1.165, 1.54) is 0 Å². The molecule has 0 saturated carbocycles. The highest BCUT2D eigenvalue weighted by atomic mass is 17.3. The molecule has 2 aliphatic heterocycles. The fraction of sp³-hybridized carbons (Fsp3) is 1.00. The fourth-order valence-electron chi connectivity index (χ4n) is 1.39. The van der Waals surface area contributed by atoms with Gasteiger partial charge in [0.25, 0.3) is 0 Å². The van der Waals surface area contributed by atoms with E-state index in [0.717, 1.165) is 0 Å². The molecule has 0 aliphatic carbocycles. The molecule has 2 fully saturated rings. The van der Waals surface area contributed by atoms with Gasteiger partial charge in [-0.05, 0) is 0 Å². The van der Waals surface area contributed by atoms with Gasteiger partial charge in [-0.3, -0.25) is 0 Å². The number of hydrogen-bond donors (Lipinski definition) is 5. The predicted octanol–water partition coefficient (Wildman–Crippen LogP) is -3.60. The van der Waals surface area contributed by atoms with Crippen molar-refractivity contribution >= 4 is 0 Å². The van der Waals surface area contributed by atoms with Crippen LogP contribution < -0.4 is 0 Å². The molecule has 14 heavy (non-hydrogen) atoms.